The molecule has 0 radical (unpaired) electrons. The molecule has 0 aromatic heterocycles. The number of carbonyl (C=O) groups excluding carboxylic acids is 1. The van der Waals surface area contributed by atoms with Gasteiger partial charge < -0.3 is 14.9 Å². The van der Waals surface area contributed by atoms with Crippen LogP contribution < -0.4 is 0 Å². The van der Waals surface area contributed by atoms with E-state index in [9.17, 15) is 9.90 Å². The van der Waals surface area contributed by atoms with Gasteiger partial charge in [0.1, 0.15) is 0 Å². The fourth-order valence-corrected chi connectivity index (χ4v) is 2.29. The van der Waals surface area contributed by atoms with E-state index in [4.69, 9.17) is 5.11 Å². The first-order chi connectivity index (χ1) is 6.53. The Morgan fingerprint density at radius 3 is 2.79 bits per heavy atom. The molecule has 2 N–H and O–H groups in total. The van der Waals surface area contributed by atoms with Gasteiger partial charge in [0.05, 0.1) is 19.6 Å². The Balaban J connectivity index is 2.68. The molecule has 0 unspecified atom stereocenters. The zero-order chi connectivity index (χ0) is 10.8. The maximum atomic E-state index is 11.2. The van der Waals surface area contributed by atoms with Gasteiger partial charge in [-0.25, -0.2) is 0 Å². The molecule has 1 fully saturated rings. The molecule has 0 aromatic rings. The fraction of sp³-hybridized carbons (Fsp3) is 0.900. The minimum absolute atomic E-state index is 0.0747. The standard InChI is InChI=1S/C10H18O4/c1-10(5-9(13)14-2)4-3-8(12)7(10)6-11/h7-8,11-12H,3-6H2,1-2H3/t7-,8-,10+/m1/s1. The molecule has 1 saturated carbocycles. The normalized spacial score (nSPS) is 37.1. The number of esters is 1. The second kappa shape index (κ2) is 4.28. The third-order valence-corrected chi connectivity index (χ3v) is 3.34. The van der Waals surface area contributed by atoms with Crippen molar-refractivity contribution in [2.24, 2.45) is 11.3 Å². The first-order valence-electron chi connectivity index (χ1n) is 4.89. The molecule has 0 spiro atoms. The summed E-state index contributed by atoms with van der Waals surface area (Å²) in [5, 5.41) is 18.7. The lowest BCUT2D eigenvalue weighted by molar-refractivity contribution is -0.144. The van der Waals surface area contributed by atoms with Crippen LogP contribution in [0.3, 0.4) is 0 Å². The summed E-state index contributed by atoms with van der Waals surface area (Å²) in [7, 11) is 1.35. The van der Waals surface area contributed by atoms with Gasteiger partial charge in [0.15, 0.2) is 0 Å². The first-order valence-corrected chi connectivity index (χ1v) is 4.89. The molecule has 1 rings (SSSR count). The second-order valence-corrected chi connectivity index (χ2v) is 4.30. The minimum atomic E-state index is -0.491. The minimum Gasteiger partial charge on any atom is -0.469 e. The van der Waals surface area contributed by atoms with Crippen molar-refractivity contribution >= 4 is 5.97 Å². The second-order valence-electron chi connectivity index (χ2n) is 4.30. The van der Waals surface area contributed by atoms with Crippen LogP contribution in [0.15, 0.2) is 0 Å². The molecule has 0 aliphatic heterocycles. The van der Waals surface area contributed by atoms with Crippen LogP contribution in [0.5, 0.6) is 0 Å². The maximum absolute atomic E-state index is 11.2. The molecule has 4 nitrogen and oxygen atoms in total. The summed E-state index contributed by atoms with van der Waals surface area (Å²) < 4.78 is 4.60. The SMILES string of the molecule is COC(=O)C[C@]1(C)CC[C@@H](O)[C@H]1CO. The van der Waals surface area contributed by atoms with E-state index in [1.165, 1.54) is 7.11 Å². The third kappa shape index (κ3) is 2.07. The van der Waals surface area contributed by atoms with Crippen LogP contribution in [0.4, 0.5) is 0 Å². The van der Waals surface area contributed by atoms with Gasteiger partial charge in [0.2, 0.25) is 0 Å². The van der Waals surface area contributed by atoms with E-state index in [1.807, 2.05) is 6.92 Å². The molecule has 0 heterocycles. The molecule has 0 aromatic carbocycles. The van der Waals surface area contributed by atoms with E-state index < -0.39 is 6.10 Å². The van der Waals surface area contributed by atoms with Crippen molar-refractivity contribution in [1.82, 2.24) is 0 Å². The van der Waals surface area contributed by atoms with Crippen molar-refractivity contribution in [3.8, 4) is 0 Å². The van der Waals surface area contributed by atoms with Crippen molar-refractivity contribution in [2.75, 3.05) is 13.7 Å². The molecule has 1 aliphatic rings. The Bertz CT molecular complexity index is 216. The molecule has 14 heavy (non-hydrogen) atoms. The highest BCUT2D eigenvalue weighted by molar-refractivity contribution is 5.70. The number of rotatable bonds is 3. The summed E-state index contributed by atoms with van der Waals surface area (Å²) in [5.41, 5.74) is -0.318. The van der Waals surface area contributed by atoms with Gasteiger partial charge in [0, 0.05) is 12.5 Å². The summed E-state index contributed by atoms with van der Waals surface area (Å²) in [4.78, 5) is 11.2. The Labute approximate surface area is 83.9 Å². The molecule has 0 amide bonds. The van der Waals surface area contributed by atoms with Gasteiger partial charge in [-0.3, -0.25) is 4.79 Å². The summed E-state index contributed by atoms with van der Waals surface area (Å²) >= 11 is 0. The smallest absolute Gasteiger partial charge is 0.306 e. The predicted molar refractivity (Wildman–Crippen MR) is 50.6 cm³/mol. The Kier molecular flexibility index (Phi) is 3.50. The van der Waals surface area contributed by atoms with Gasteiger partial charge in [-0.15, -0.1) is 0 Å². The van der Waals surface area contributed by atoms with Gasteiger partial charge >= 0.3 is 5.97 Å². The lowest BCUT2D eigenvalue weighted by Gasteiger charge is -2.30. The average molecular weight is 202 g/mol. The van der Waals surface area contributed by atoms with Crippen LogP contribution in [-0.2, 0) is 9.53 Å². The largest absolute Gasteiger partial charge is 0.469 e. The summed E-state index contributed by atoms with van der Waals surface area (Å²) in [5.74, 6) is -0.485. The van der Waals surface area contributed by atoms with E-state index in [0.29, 0.717) is 6.42 Å². The fourth-order valence-electron chi connectivity index (χ4n) is 2.29. The molecular weight excluding hydrogens is 184 g/mol. The third-order valence-electron chi connectivity index (χ3n) is 3.34. The van der Waals surface area contributed by atoms with Crippen molar-refractivity contribution in [2.45, 2.75) is 32.3 Å². The number of aliphatic hydroxyl groups is 2. The number of methoxy groups -OCH3 is 1. The predicted octanol–water partition coefficient (Wildman–Crippen LogP) is 0.319. The van der Waals surface area contributed by atoms with Gasteiger partial charge in [-0.2, -0.15) is 0 Å². The van der Waals surface area contributed by atoms with Crippen molar-refractivity contribution in [3.05, 3.63) is 0 Å². The first kappa shape index (κ1) is 11.5. The quantitative estimate of drug-likeness (QED) is 0.647. The number of ether oxygens (including phenoxy) is 1. The molecule has 82 valence electrons. The molecule has 1 aliphatic carbocycles. The maximum Gasteiger partial charge on any atom is 0.306 e. The number of hydrogen-bond donors (Lipinski definition) is 2. The van der Waals surface area contributed by atoms with Crippen molar-refractivity contribution < 1.29 is 19.7 Å². The summed E-state index contributed by atoms with van der Waals surface area (Å²) in [6, 6.07) is 0. The van der Waals surface area contributed by atoms with E-state index in [0.717, 1.165) is 6.42 Å². The van der Waals surface area contributed by atoms with Crippen LogP contribution in [0, 0.1) is 11.3 Å². The highest BCUT2D eigenvalue weighted by atomic mass is 16.5. The zero-order valence-corrected chi connectivity index (χ0v) is 8.69. The molecule has 0 bridgehead atoms. The van der Waals surface area contributed by atoms with Crippen LogP contribution in [0.25, 0.3) is 0 Å². The summed E-state index contributed by atoms with van der Waals surface area (Å²) in [6.07, 6.45) is 1.19. The van der Waals surface area contributed by atoms with Gasteiger partial charge in [-0.05, 0) is 18.3 Å². The number of hydrogen-bond acceptors (Lipinski definition) is 4. The molecule has 4 heteroatoms. The molecule has 3 atom stereocenters. The Morgan fingerprint density at radius 1 is 1.64 bits per heavy atom. The van der Waals surface area contributed by atoms with Crippen molar-refractivity contribution in [1.29, 1.82) is 0 Å². The highest BCUT2D eigenvalue weighted by Crippen LogP contribution is 2.45. The van der Waals surface area contributed by atoms with E-state index in [1.54, 1.807) is 0 Å². The number of carbonyl (C=O) groups is 1. The summed E-state index contributed by atoms with van der Waals surface area (Å²) in [6.45, 7) is 1.84. The lowest BCUT2D eigenvalue weighted by Crippen LogP contribution is -2.33. The monoisotopic (exact) mass is 202 g/mol. The average Bonchev–Trinajstić information content (AvgIpc) is 2.42. The van der Waals surface area contributed by atoms with E-state index in [2.05, 4.69) is 4.74 Å². The van der Waals surface area contributed by atoms with Gasteiger partial charge in [-0.1, -0.05) is 6.92 Å². The van der Waals surface area contributed by atoms with Crippen LogP contribution >= 0.6 is 0 Å². The Morgan fingerprint density at radius 2 is 2.29 bits per heavy atom. The highest BCUT2D eigenvalue weighted by Gasteiger charge is 2.45. The van der Waals surface area contributed by atoms with Gasteiger partial charge in [0.25, 0.3) is 0 Å². The molecule has 0 saturated heterocycles. The van der Waals surface area contributed by atoms with Crippen LogP contribution in [-0.4, -0.2) is 36.0 Å². The Hall–Kier alpha value is -0.610. The van der Waals surface area contributed by atoms with Crippen molar-refractivity contribution in [3.63, 3.8) is 0 Å². The topological polar surface area (TPSA) is 66.8 Å². The lowest BCUT2D eigenvalue weighted by atomic mass is 9.77. The van der Waals surface area contributed by atoms with E-state index >= 15 is 0 Å². The van der Waals surface area contributed by atoms with E-state index in [-0.39, 0.29) is 30.3 Å². The zero-order valence-electron chi connectivity index (χ0n) is 8.69. The number of aliphatic hydroxyl groups excluding tert-OH is 2. The van der Waals surface area contributed by atoms with Crippen LogP contribution in [0.2, 0.25) is 0 Å². The molecular formula is C10H18O4. The van der Waals surface area contributed by atoms with Crippen LogP contribution in [0.1, 0.15) is 26.2 Å².